The predicted octanol–water partition coefficient (Wildman–Crippen LogP) is 4.33. The highest BCUT2D eigenvalue weighted by molar-refractivity contribution is 5.23. The van der Waals surface area contributed by atoms with Crippen molar-refractivity contribution in [1.29, 1.82) is 0 Å². The summed E-state index contributed by atoms with van der Waals surface area (Å²) in [6, 6.07) is 19.6. The zero-order chi connectivity index (χ0) is 13.5. The summed E-state index contributed by atoms with van der Waals surface area (Å²) in [6.45, 7) is 4.70. The van der Waals surface area contributed by atoms with Crippen LogP contribution in [0.3, 0.4) is 0 Å². The molecule has 0 saturated heterocycles. The van der Waals surface area contributed by atoms with Crippen LogP contribution in [0.5, 0.6) is 11.5 Å². The molecule has 2 heteroatoms. The molecule has 0 saturated carbocycles. The largest absolute Gasteiger partial charge is 0.493 e. The summed E-state index contributed by atoms with van der Waals surface area (Å²) in [6.07, 6.45) is 0.960. The van der Waals surface area contributed by atoms with Gasteiger partial charge in [0.1, 0.15) is 11.5 Å². The molecule has 2 rings (SSSR count). The molecule has 1 unspecified atom stereocenters. The van der Waals surface area contributed by atoms with Crippen LogP contribution >= 0.6 is 0 Å². The predicted molar refractivity (Wildman–Crippen MR) is 77.1 cm³/mol. The fourth-order valence-corrected chi connectivity index (χ4v) is 1.63. The van der Waals surface area contributed by atoms with E-state index in [0.717, 1.165) is 17.6 Å². The number of hydrogen-bond acceptors (Lipinski definition) is 2. The highest BCUT2D eigenvalue weighted by Gasteiger charge is 2.16. The van der Waals surface area contributed by atoms with Gasteiger partial charge in [-0.1, -0.05) is 43.3 Å². The Morgan fingerprint density at radius 2 is 1.42 bits per heavy atom. The molecule has 0 fully saturated rings. The van der Waals surface area contributed by atoms with Crippen LogP contribution in [0.2, 0.25) is 0 Å². The van der Waals surface area contributed by atoms with Gasteiger partial charge in [-0.15, -0.1) is 0 Å². The van der Waals surface area contributed by atoms with Gasteiger partial charge in [-0.3, -0.25) is 0 Å². The van der Waals surface area contributed by atoms with Gasteiger partial charge in [0.25, 0.3) is 0 Å². The van der Waals surface area contributed by atoms with Crippen LogP contribution in [0.15, 0.2) is 60.7 Å². The number of hydrogen-bond donors (Lipinski definition) is 0. The van der Waals surface area contributed by atoms with Gasteiger partial charge < -0.3 is 9.47 Å². The van der Waals surface area contributed by atoms with Crippen LogP contribution in [0.1, 0.15) is 13.8 Å². The van der Waals surface area contributed by atoms with E-state index in [0.29, 0.717) is 6.61 Å². The summed E-state index contributed by atoms with van der Waals surface area (Å²) < 4.78 is 11.5. The Morgan fingerprint density at radius 1 is 0.895 bits per heavy atom. The van der Waals surface area contributed by atoms with Crippen molar-refractivity contribution in [2.75, 3.05) is 6.61 Å². The molecule has 0 amide bonds. The van der Waals surface area contributed by atoms with Gasteiger partial charge in [-0.05, 0) is 31.2 Å². The van der Waals surface area contributed by atoms with E-state index in [9.17, 15) is 0 Å². The van der Waals surface area contributed by atoms with Crippen LogP contribution in [-0.2, 0) is 0 Å². The minimum Gasteiger partial charge on any atom is -0.493 e. The first kappa shape index (κ1) is 13.5. The lowest BCUT2D eigenvalue weighted by Crippen LogP contribution is -2.19. The van der Waals surface area contributed by atoms with E-state index in [1.165, 1.54) is 0 Å². The van der Waals surface area contributed by atoms with Gasteiger partial charge in [-0.2, -0.15) is 0 Å². The van der Waals surface area contributed by atoms with Gasteiger partial charge >= 0.3 is 0 Å². The molecular formula is C17H19O2. The molecule has 0 aliphatic rings. The Kier molecular flexibility index (Phi) is 4.85. The van der Waals surface area contributed by atoms with Gasteiger partial charge in [0.15, 0.2) is 6.10 Å². The minimum absolute atomic E-state index is 0.236. The third-order valence-electron chi connectivity index (χ3n) is 2.96. The molecule has 0 spiro atoms. The van der Waals surface area contributed by atoms with E-state index in [1.807, 2.05) is 67.6 Å². The van der Waals surface area contributed by atoms with Crippen LogP contribution in [0.4, 0.5) is 0 Å². The van der Waals surface area contributed by atoms with E-state index >= 15 is 0 Å². The van der Waals surface area contributed by atoms with Crippen molar-refractivity contribution in [3.05, 3.63) is 66.8 Å². The fraction of sp³-hybridized carbons (Fsp3) is 0.235. The van der Waals surface area contributed by atoms with E-state index in [1.54, 1.807) is 0 Å². The van der Waals surface area contributed by atoms with E-state index in [4.69, 9.17) is 9.47 Å². The molecule has 2 aromatic carbocycles. The maximum absolute atomic E-state index is 5.80. The maximum atomic E-state index is 5.80. The van der Waals surface area contributed by atoms with Crippen LogP contribution < -0.4 is 9.47 Å². The van der Waals surface area contributed by atoms with Crippen molar-refractivity contribution < 1.29 is 9.47 Å². The SMILES string of the molecule is C[C](Oc1ccccc1)C(C)COc1ccccc1. The summed E-state index contributed by atoms with van der Waals surface area (Å²) in [5.74, 6) is 1.99. The Morgan fingerprint density at radius 3 is 2.00 bits per heavy atom. The first-order valence-corrected chi connectivity index (χ1v) is 6.50. The summed E-state index contributed by atoms with van der Waals surface area (Å²) in [5.41, 5.74) is 0. The molecular weight excluding hydrogens is 236 g/mol. The van der Waals surface area contributed by atoms with E-state index in [-0.39, 0.29) is 5.92 Å². The van der Waals surface area contributed by atoms with E-state index in [2.05, 4.69) is 6.92 Å². The molecule has 2 aromatic rings. The Balaban J connectivity index is 1.81. The average Bonchev–Trinajstić information content (AvgIpc) is 2.47. The average molecular weight is 255 g/mol. The molecule has 2 nitrogen and oxygen atoms in total. The highest BCUT2D eigenvalue weighted by Crippen LogP contribution is 2.21. The summed E-state index contributed by atoms with van der Waals surface area (Å²) >= 11 is 0. The third kappa shape index (κ3) is 4.32. The Labute approximate surface area is 115 Å². The smallest absolute Gasteiger partial charge is 0.151 e. The normalized spacial score (nSPS) is 12.2. The molecule has 99 valence electrons. The second-order valence-electron chi connectivity index (χ2n) is 4.55. The third-order valence-corrected chi connectivity index (χ3v) is 2.96. The van der Waals surface area contributed by atoms with Crippen molar-refractivity contribution in [2.45, 2.75) is 13.8 Å². The molecule has 19 heavy (non-hydrogen) atoms. The summed E-state index contributed by atoms with van der Waals surface area (Å²) in [5, 5.41) is 0. The van der Waals surface area contributed by atoms with Crippen molar-refractivity contribution in [3.8, 4) is 11.5 Å². The lowest BCUT2D eigenvalue weighted by molar-refractivity contribution is 0.195. The quantitative estimate of drug-likeness (QED) is 0.764. The van der Waals surface area contributed by atoms with Crippen molar-refractivity contribution in [1.82, 2.24) is 0 Å². The fourth-order valence-electron chi connectivity index (χ4n) is 1.63. The number of rotatable bonds is 6. The van der Waals surface area contributed by atoms with Crippen molar-refractivity contribution >= 4 is 0 Å². The first-order chi connectivity index (χ1) is 9.25. The topological polar surface area (TPSA) is 18.5 Å². The molecule has 0 heterocycles. The number of ether oxygens (including phenoxy) is 2. The van der Waals surface area contributed by atoms with Gasteiger partial charge in [0.2, 0.25) is 0 Å². The monoisotopic (exact) mass is 255 g/mol. The van der Waals surface area contributed by atoms with Gasteiger partial charge in [-0.25, -0.2) is 0 Å². The number of benzene rings is 2. The Hall–Kier alpha value is -1.96. The highest BCUT2D eigenvalue weighted by atomic mass is 16.5. The molecule has 0 aliphatic heterocycles. The zero-order valence-electron chi connectivity index (χ0n) is 11.4. The molecule has 0 aliphatic carbocycles. The van der Waals surface area contributed by atoms with Crippen LogP contribution in [0, 0.1) is 12.0 Å². The minimum atomic E-state index is 0.236. The molecule has 0 N–H and O–H groups in total. The maximum Gasteiger partial charge on any atom is 0.151 e. The van der Waals surface area contributed by atoms with Crippen molar-refractivity contribution in [3.63, 3.8) is 0 Å². The molecule has 1 radical (unpaired) electrons. The van der Waals surface area contributed by atoms with Crippen LogP contribution in [-0.4, -0.2) is 6.61 Å². The first-order valence-electron chi connectivity index (χ1n) is 6.50. The summed E-state index contributed by atoms with van der Waals surface area (Å²) in [4.78, 5) is 0. The van der Waals surface area contributed by atoms with Crippen molar-refractivity contribution in [2.24, 2.45) is 5.92 Å². The second-order valence-corrected chi connectivity index (χ2v) is 4.55. The molecule has 0 aromatic heterocycles. The summed E-state index contributed by atoms with van der Waals surface area (Å²) in [7, 11) is 0. The second kappa shape index (κ2) is 6.83. The zero-order valence-corrected chi connectivity index (χ0v) is 11.4. The lowest BCUT2D eigenvalue weighted by Gasteiger charge is -2.20. The van der Waals surface area contributed by atoms with E-state index < -0.39 is 0 Å². The van der Waals surface area contributed by atoms with Gasteiger partial charge in [0.05, 0.1) is 6.61 Å². The molecule has 0 bridgehead atoms. The number of para-hydroxylation sites is 2. The Bertz CT molecular complexity index is 467. The lowest BCUT2D eigenvalue weighted by atomic mass is 10.1. The standard InChI is InChI=1S/C17H19O2/c1-14(13-18-16-9-5-3-6-10-16)15(2)19-17-11-7-4-8-12-17/h3-12,14H,13H2,1-2H3. The van der Waals surface area contributed by atoms with Gasteiger partial charge in [0, 0.05) is 5.92 Å². The van der Waals surface area contributed by atoms with Crippen LogP contribution in [0.25, 0.3) is 0 Å². The molecule has 1 atom stereocenters.